The molecule has 7 nitrogen and oxygen atoms in total. The first-order valence-corrected chi connectivity index (χ1v) is 11.5. The number of carbonyl (C=O) groups excluding carboxylic acids is 3. The van der Waals surface area contributed by atoms with Crippen molar-refractivity contribution in [1.82, 2.24) is 10.2 Å². The fourth-order valence-corrected chi connectivity index (χ4v) is 4.91. The van der Waals surface area contributed by atoms with Gasteiger partial charge in [0.15, 0.2) is 0 Å². The highest BCUT2D eigenvalue weighted by Gasteiger charge is 2.58. The summed E-state index contributed by atoms with van der Waals surface area (Å²) >= 11 is 0. The van der Waals surface area contributed by atoms with Crippen LogP contribution < -0.4 is 5.32 Å². The molecule has 2 N–H and O–H groups in total. The number of ether oxygens (including phenoxy) is 1. The van der Waals surface area contributed by atoms with Crippen molar-refractivity contribution in [3.8, 4) is 0 Å². The Labute approximate surface area is 180 Å². The minimum atomic E-state index is -0.716. The van der Waals surface area contributed by atoms with Crippen LogP contribution in [0.4, 0.5) is 0 Å². The number of nitrogens with zero attached hydrogens (tertiary/aromatic N) is 1. The molecule has 170 valence electrons. The van der Waals surface area contributed by atoms with Crippen LogP contribution >= 0.6 is 0 Å². The van der Waals surface area contributed by atoms with Crippen LogP contribution in [0, 0.1) is 23.7 Å². The summed E-state index contributed by atoms with van der Waals surface area (Å²) in [4.78, 5) is 41.2. The molecule has 6 atom stereocenters. The molecule has 0 radical (unpaired) electrons. The number of carbonyl (C=O) groups is 3. The van der Waals surface area contributed by atoms with E-state index in [2.05, 4.69) is 5.32 Å². The van der Waals surface area contributed by atoms with Crippen LogP contribution in [0.25, 0.3) is 0 Å². The standard InChI is InChI=1S/C23H38N2O5/c1-5-9-13-24-21(27)20-17-12-11-15(10-6-2)18(23(29)30-8-4)19(17)22(28)25(20)16(7-3)14-26/h11-12,15-20,26H,5-10,13-14H2,1-4H3,(H,24,27)/t15-,16+,17+,18-,19-,20+/m1/s1. The average Bonchev–Trinajstić information content (AvgIpc) is 3.02. The molecular weight excluding hydrogens is 384 g/mol. The van der Waals surface area contributed by atoms with Crippen molar-refractivity contribution in [3.05, 3.63) is 12.2 Å². The lowest BCUT2D eigenvalue weighted by Crippen LogP contribution is -2.52. The number of aliphatic hydroxyl groups is 1. The van der Waals surface area contributed by atoms with Gasteiger partial charge in [0.1, 0.15) is 6.04 Å². The molecule has 0 aromatic rings. The number of likely N-dealkylation sites (tertiary alicyclic amines) is 1. The molecule has 1 fully saturated rings. The van der Waals surface area contributed by atoms with Crippen LogP contribution in [0.3, 0.4) is 0 Å². The summed E-state index contributed by atoms with van der Waals surface area (Å²) in [5, 5.41) is 12.9. The van der Waals surface area contributed by atoms with Crippen LogP contribution in [-0.4, -0.2) is 59.6 Å². The number of esters is 1. The lowest BCUT2D eigenvalue weighted by Gasteiger charge is -2.34. The van der Waals surface area contributed by atoms with Gasteiger partial charge in [0.2, 0.25) is 11.8 Å². The molecule has 2 amide bonds. The summed E-state index contributed by atoms with van der Waals surface area (Å²) < 4.78 is 5.34. The SMILES string of the molecule is CCCCNC(=O)[C@@H]1[C@H]2C=C[C@@H](CCC)[C@@H](C(=O)OCC)[C@@H]2C(=O)N1[C@@H](CC)CO. The summed E-state index contributed by atoms with van der Waals surface area (Å²) in [7, 11) is 0. The zero-order valence-electron chi connectivity index (χ0n) is 18.8. The zero-order valence-corrected chi connectivity index (χ0v) is 18.8. The largest absolute Gasteiger partial charge is 0.466 e. The van der Waals surface area contributed by atoms with Crippen molar-refractivity contribution in [1.29, 1.82) is 0 Å². The normalized spacial score (nSPS) is 28.9. The second kappa shape index (κ2) is 11.5. The average molecular weight is 423 g/mol. The van der Waals surface area contributed by atoms with E-state index in [9.17, 15) is 19.5 Å². The molecule has 2 rings (SSSR count). The number of amides is 2. The molecule has 7 heteroatoms. The molecule has 0 aromatic heterocycles. The third-order valence-electron chi connectivity index (χ3n) is 6.40. The van der Waals surface area contributed by atoms with Gasteiger partial charge in [-0.25, -0.2) is 0 Å². The van der Waals surface area contributed by atoms with Crippen molar-refractivity contribution < 1.29 is 24.2 Å². The highest BCUT2D eigenvalue weighted by atomic mass is 16.5. The van der Waals surface area contributed by atoms with Crippen molar-refractivity contribution in [2.45, 2.75) is 71.9 Å². The van der Waals surface area contributed by atoms with Gasteiger partial charge in [-0.1, -0.05) is 45.8 Å². The molecule has 0 saturated carbocycles. The molecule has 0 aromatic carbocycles. The molecule has 0 unspecified atom stereocenters. The number of unbranched alkanes of at least 4 members (excludes halogenated alkanes) is 1. The Kier molecular flexibility index (Phi) is 9.34. The van der Waals surface area contributed by atoms with Gasteiger partial charge < -0.3 is 20.1 Å². The van der Waals surface area contributed by atoms with Gasteiger partial charge in [0.25, 0.3) is 0 Å². The predicted octanol–water partition coefficient (Wildman–Crippen LogP) is 2.28. The fourth-order valence-electron chi connectivity index (χ4n) is 4.91. The second-order valence-electron chi connectivity index (χ2n) is 8.30. The Balaban J connectivity index is 2.45. The number of hydrogen-bond donors (Lipinski definition) is 2. The van der Waals surface area contributed by atoms with Crippen molar-refractivity contribution >= 4 is 17.8 Å². The highest BCUT2D eigenvalue weighted by molar-refractivity contribution is 5.96. The van der Waals surface area contributed by atoms with E-state index in [1.54, 1.807) is 11.8 Å². The number of aliphatic hydroxyl groups excluding tert-OH is 1. The van der Waals surface area contributed by atoms with Crippen molar-refractivity contribution in [2.24, 2.45) is 23.7 Å². The third-order valence-corrected chi connectivity index (χ3v) is 6.40. The van der Waals surface area contributed by atoms with Gasteiger partial charge >= 0.3 is 5.97 Å². The Morgan fingerprint density at radius 3 is 2.50 bits per heavy atom. The number of fused-ring (bicyclic) bond motifs is 1. The topological polar surface area (TPSA) is 95.9 Å². The summed E-state index contributed by atoms with van der Waals surface area (Å²) in [5.41, 5.74) is 0. The minimum Gasteiger partial charge on any atom is -0.466 e. The van der Waals surface area contributed by atoms with E-state index in [4.69, 9.17) is 4.74 Å². The maximum atomic E-state index is 13.6. The molecule has 0 spiro atoms. The van der Waals surface area contributed by atoms with Gasteiger partial charge in [-0.05, 0) is 32.1 Å². The van der Waals surface area contributed by atoms with E-state index >= 15 is 0 Å². The van der Waals surface area contributed by atoms with Crippen molar-refractivity contribution in [2.75, 3.05) is 19.8 Å². The summed E-state index contributed by atoms with van der Waals surface area (Å²) in [6, 6.07) is -1.17. The molecule has 1 aliphatic carbocycles. The van der Waals surface area contributed by atoms with Crippen LogP contribution in [0.1, 0.15) is 59.8 Å². The van der Waals surface area contributed by atoms with Gasteiger partial charge in [-0.2, -0.15) is 0 Å². The predicted molar refractivity (Wildman–Crippen MR) is 114 cm³/mol. The first kappa shape index (κ1) is 24.4. The first-order chi connectivity index (χ1) is 14.5. The van der Waals surface area contributed by atoms with Crippen LogP contribution in [0.15, 0.2) is 12.2 Å². The lowest BCUT2D eigenvalue weighted by molar-refractivity contribution is -0.156. The number of nitrogens with one attached hydrogen (secondary N) is 1. The smallest absolute Gasteiger partial charge is 0.310 e. The quantitative estimate of drug-likeness (QED) is 0.303. The Hall–Kier alpha value is -1.89. The fraction of sp³-hybridized carbons (Fsp3) is 0.783. The summed E-state index contributed by atoms with van der Waals surface area (Å²) in [6.45, 7) is 8.33. The molecule has 0 bridgehead atoms. The Bertz CT molecular complexity index is 631. The van der Waals surface area contributed by atoms with E-state index in [1.165, 1.54) is 0 Å². The van der Waals surface area contributed by atoms with Crippen molar-refractivity contribution in [3.63, 3.8) is 0 Å². The summed E-state index contributed by atoms with van der Waals surface area (Å²) in [6.07, 6.45) is 7.96. The van der Waals surface area contributed by atoms with E-state index in [1.807, 2.05) is 32.9 Å². The highest BCUT2D eigenvalue weighted by Crippen LogP contribution is 2.46. The molecule has 1 saturated heterocycles. The maximum Gasteiger partial charge on any atom is 0.310 e. The summed E-state index contributed by atoms with van der Waals surface area (Å²) in [5.74, 6) is -2.52. The van der Waals surface area contributed by atoms with Crippen LogP contribution in [-0.2, 0) is 19.1 Å². The van der Waals surface area contributed by atoms with Crippen LogP contribution in [0.2, 0.25) is 0 Å². The number of rotatable bonds is 11. The van der Waals surface area contributed by atoms with Gasteiger partial charge in [0, 0.05) is 12.5 Å². The zero-order chi connectivity index (χ0) is 22.3. The monoisotopic (exact) mass is 422 g/mol. The first-order valence-electron chi connectivity index (χ1n) is 11.5. The molecule has 1 heterocycles. The number of allylic oxidation sites excluding steroid dienone is 1. The second-order valence-corrected chi connectivity index (χ2v) is 8.30. The maximum absolute atomic E-state index is 13.6. The van der Waals surface area contributed by atoms with E-state index < -0.39 is 29.8 Å². The van der Waals surface area contributed by atoms with Gasteiger partial charge in [-0.15, -0.1) is 0 Å². The molecule has 2 aliphatic rings. The number of hydrogen-bond acceptors (Lipinski definition) is 5. The Morgan fingerprint density at radius 1 is 1.20 bits per heavy atom. The van der Waals surface area contributed by atoms with E-state index in [-0.39, 0.29) is 36.9 Å². The van der Waals surface area contributed by atoms with E-state index in [0.29, 0.717) is 13.0 Å². The van der Waals surface area contributed by atoms with E-state index in [0.717, 1.165) is 25.7 Å². The van der Waals surface area contributed by atoms with Gasteiger partial charge in [-0.3, -0.25) is 14.4 Å². The molecule has 30 heavy (non-hydrogen) atoms. The minimum absolute atomic E-state index is 0.0859. The Morgan fingerprint density at radius 2 is 1.93 bits per heavy atom. The molecule has 1 aliphatic heterocycles. The van der Waals surface area contributed by atoms with Crippen LogP contribution in [0.5, 0.6) is 0 Å². The van der Waals surface area contributed by atoms with Gasteiger partial charge in [0.05, 0.1) is 31.1 Å². The lowest BCUT2D eigenvalue weighted by atomic mass is 9.69. The third kappa shape index (κ3) is 4.88. The molecular formula is C23H38N2O5.